The summed E-state index contributed by atoms with van der Waals surface area (Å²) in [7, 11) is 1.56. The van der Waals surface area contributed by atoms with Gasteiger partial charge in [0.1, 0.15) is 6.61 Å². The molecule has 2 amide bonds. The Bertz CT molecular complexity index is 1040. The summed E-state index contributed by atoms with van der Waals surface area (Å²) in [6.07, 6.45) is 4.19. The molecular formula is C24H24ClN3O4. The van der Waals surface area contributed by atoms with Crippen LogP contribution in [0.2, 0.25) is 5.02 Å². The molecule has 8 heteroatoms. The summed E-state index contributed by atoms with van der Waals surface area (Å²) >= 11 is 5.82. The number of hydrogen-bond acceptors (Lipinski definition) is 5. The Labute approximate surface area is 191 Å². The number of rotatable bonds is 10. The second kappa shape index (κ2) is 11.7. The molecule has 3 aromatic rings. The number of pyridine rings is 1. The molecule has 0 spiro atoms. The van der Waals surface area contributed by atoms with Crippen LogP contribution >= 0.6 is 11.6 Å². The van der Waals surface area contributed by atoms with Crippen LogP contribution in [0.3, 0.4) is 0 Å². The van der Waals surface area contributed by atoms with Gasteiger partial charge >= 0.3 is 0 Å². The first-order chi connectivity index (χ1) is 15.5. The number of anilines is 1. The highest BCUT2D eigenvalue weighted by Gasteiger charge is 2.10. The van der Waals surface area contributed by atoms with Crippen molar-refractivity contribution in [3.63, 3.8) is 0 Å². The minimum absolute atomic E-state index is 0.158. The molecule has 7 nitrogen and oxygen atoms in total. The lowest BCUT2D eigenvalue weighted by molar-refractivity contribution is -0.116. The van der Waals surface area contributed by atoms with E-state index in [2.05, 4.69) is 15.6 Å². The van der Waals surface area contributed by atoms with Crippen molar-refractivity contribution in [3.8, 4) is 11.5 Å². The average Bonchev–Trinajstić information content (AvgIpc) is 2.81. The molecule has 0 radical (unpaired) electrons. The van der Waals surface area contributed by atoms with E-state index in [0.29, 0.717) is 47.3 Å². The highest BCUT2D eigenvalue weighted by Crippen LogP contribution is 2.31. The fourth-order valence-corrected chi connectivity index (χ4v) is 3.02. The van der Waals surface area contributed by atoms with Crippen molar-refractivity contribution < 1.29 is 19.1 Å². The van der Waals surface area contributed by atoms with E-state index in [-0.39, 0.29) is 18.2 Å². The molecule has 32 heavy (non-hydrogen) atoms. The van der Waals surface area contributed by atoms with Crippen molar-refractivity contribution in [3.05, 3.63) is 83.1 Å². The minimum atomic E-state index is -0.201. The summed E-state index contributed by atoms with van der Waals surface area (Å²) in [5.74, 6) is 0.725. The molecule has 0 unspecified atom stereocenters. The summed E-state index contributed by atoms with van der Waals surface area (Å²) in [5, 5.41) is 6.21. The summed E-state index contributed by atoms with van der Waals surface area (Å²) in [6, 6.07) is 15.6. The summed E-state index contributed by atoms with van der Waals surface area (Å²) < 4.78 is 11.2. The standard InChI is InChI=1S/C24H24ClN3O4/c1-31-21-11-10-20(14-22(21)32-16-17-4-2-12-26-15-17)28-23(29)5-3-13-27-24(30)18-6-8-19(25)9-7-18/h2,4,6-12,14-15H,3,5,13,16H2,1H3,(H,27,30)(H,28,29). The molecule has 0 saturated carbocycles. The minimum Gasteiger partial charge on any atom is -0.493 e. The van der Waals surface area contributed by atoms with Crippen LogP contribution in [0.25, 0.3) is 0 Å². The van der Waals surface area contributed by atoms with Gasteiger partial charge in [-0.2, -0.15) is 0 Å². The Morgan fingerprint density at radius 2 is 1.88 bits per heavy atom. The number of amides is 2. The first-order valence-corrected chi connectivity index (χ1v) is 10.5. The number of aromatic nitrogens is 1. The smallest absolute Gasteiger partial charge is 0.251 e. The molecule has 0 fully saturated rings. The lowest BCUT2D eigenvalue weighted by atomic mass is 10.2. The zero-order valence-corrected chi connectivity index (χ0v) is 18.4. The Kier molecular flexibility index (Phi) is 8.45. The highest BCUT2D eigenvalue weighted by atomic mass is 35.5. The van der Waals surface area contributed by atoms with Crippen LogP contribution in [0.15, 0.2) is 67.0 Å². The zero-order chi connectivity index (χ0) is 22.8. The summed E-state index contributed by atoms with van der Waals surface area (Å²) in [4.78, 5) is 28.4. The van der Waals surface area contributed by atoms with E-state index in [1.165, 1.54) is 0 Å². The largest absolute Gasteiger partial charge is 0.493 e. The fraction of sp³-hybridized carbons (Fsp3) is 0.208. The Balaban J connectivity index is 1.46. The average molecular weight is 454 g/mol. The number of hydrogen-bond donors (Lipinski definition) is 2. The van der Waals surface area contributed by atoms with Gasteiger partial charge in [-0.25, -0.2) is 0 Å². The first kappa shape index (κ1) is 23.1. The number of methoxy groups -OCH3 is 1. The van der Waals surface area contributed by atoms with Crippen LogP contribution in [0, 0.1) is 0 Å². The third-order valence-electron chi connectivity index (χ3n) is 4.54. The second-order valence-electron chi connectivity index (χ2n) is 6.93. The number of benzene rings is 2. The van der Waals surface area contributed by atoms with Gasteiger partial charge < -0.3 is 20.1 Å². The monoisotopic (exact) mass is 453 g/mol. The molecule has 1 aromatic heterocycles. The molecule has 0 aliphatic carbocycles. The molecule has 0 bridgehead atoms. The van der Waals surface area contributed by atoms with Gasteiger partial charge in [-0.3, -0.25) is 14.6 Å². The molecule has 2 N–H and O–H groups in total. The molecule has 166 valence electrons. The van der Waals surface area contributed by atoms with Crippen molar-refractivity contribution in [2.24, 2.45) is 0 Å². The van der Waals surface area contributed by atoms with Crippen molar-refractivity contribution in [1.82, 2.24) is 10.3 Å². The topological polar surface area (TPSA) is 89.6 Å². The third kappa shape index (κ3) is 6.99. The van der Waals surface area contributed by atoms with E-state index >= 15 is 0 Å². The van der Waals surface area contributed by atoms with Crippen molar-refractivity contribution in [1.29, 1.82) is 0 Å². The van der Waals surface area contributed by atoms with E-state index in [1.54, 1.807) is 62.0 Å². The van der Waals surface area contributed by atoms with Crippen LogP contribution in [-0.2, 0) is 11.4 Å². The third-order valence-corrected chi connectivity index (χ3v) is 4.79. The van der Waals surface area contributed by atoms with Gasteiger partial charge in [0.25, 0.3) is 5.91 Å². The van der Waals surface area contributed by atoms with E-state index < -0.39 is 0 Å². The predicted octanol–water partition coefficient (Wildman–Crippen LogP) is 4.47. The first-order valence-electron chi connectivity index (χ1n) is 10.1. The summed E-state index contributed by atoms with van der Waals surface area (Å²) in [5.41, 5.74) is 2.04. The van der Waals surface area contributed by atoms with Crippen LogP contribution in [0.1, 0.15) is 28.8 Å². The maximum absolute atomic E-state index is 12.3. The molecule has 2 aromatic carbocycles. The molecule has 0 atom stereocenters. The van der Waals surface area contributed by atoms with Gasteiger partial charge in [0.2, 0.25) is 5.91 Å². The van der Waals surface area contributed by atoms with Gasteiger partial charge in [-0.1, -0.05) is 17.7 Å². The van der Waals surface area contributed by atoms with E-state index in [4.69, 9.17) is 21.1 Å². The molecule has 0 aliphatic heterocycles. The van der Waals surface area contributed by atoms with Crippen LogP contribution < -0.4 is 20.1 Å². The van der Waals surface area contributed by atoms with Crippen LogP contribution in [0.5, 0.6) is 11.5 Å². The normalized spacial score (nSPS) is 10.3. The maximum atomic E-state index is 12.3. The van der Waals surface area contributed by atoms with Gasteiger partial charge in [-0.05, 0) is 48.9 Å². The molecule has 0 aliphatic rings. The SMILES string of the molecule is COc1ccc(NC(=O)CCCNC(=O)c2ccc(Cl)cc2)cc1OCc1cccnc1. The maximum Gasteiger partial charge on any atom is 0.251 e. The highest BCUT2D eigenvalue weighted by molar-refractivity contribution is 6.30. The number of nitrogens with one attached hydrogen (secondary N) is 2. The molecule has 1 heterocycles. The molecule has 3 rings (SSSR count). The van der Waals surface area contributed by atoms with E-state index in [1.807, 2.05) is 12.1 Å². The fourth-order valence-electron chi connectivity index (χ4n) is 2.89. The van der Waals surface area contributed by atoms with Crippen LogP contribution in [-0.4, -0.2) is 30.5 Å². The van der Waals surface area contributed by atoms with Crippen molar-refractivity contribution >= 4 is 29.1 Å². The molecule has 0 saturated heterocycles. The van der Waals surface area contributed by atoms with Gasteiger partial charge in [0, 0.05) is 53.3 Å². The lowest BCUT2D eigenvalue weighted by Crippen LogP contribution is -2.25. The zero-order valence-electron chi connectivity index (χ0n) is 17.6. The predicted molar refractivity (Wildman–Crippen MR) is 123 cm³/mol. The number of halogens is 1. The Hall–Kier alpha value is -3.58. The number of ether oxygens (including phenoxy) is 2. The second-order valence-corrected chi connectivity index (χ2v) is 7.37. The number of carbonyl (C=O) groups excluding carboxylic acids is 2. The van der Waals surface area contributed by atoms with Crippen LogP contribution in [0.4, 0.5) is 5.69 Å². The number of carbonyl (C=O) groups is 2. The van der Waals surface area contributed by atoms with Crippen molar-refractivity contribution in [2.45, 2.75) is 19.4 Å². The van der Waals surface area contributed by atoms with Gasteiger partial charge in [0.05, 0.1) is 7.11 Å². The number of nitrogens with zero attached hydrogens (tertiary/aromatic N) is 1. The molecular weight excluding hydrogens is 430 g/mol. The van der Waals surface area contributed by atoms with Gasteiger partial charge in [0.15, 0.2) is 11.5 Å². The summed E-state index contributed by atoms with van der Waals surface area (Å²) in [6.45, 7) is 0.714. The lowest BCUT2D eigenvalue weighted by Gasteiger charge is -2.13. The Morgan fingerprint density at radius 3 is 2.59 bits per heavy atom. The van der Waals surface area contributed by atoms with Gasteiger partial charge in [-0.15, -0.1) is 0 Å². The quantitative estimate of drug-likeness (QED) is 0.442. The van der Waals surface area contributed by atoms with E-state index in [9.17, 15) is 9.59 Å². The Morgan fingerprint density at radius 1 is 1.06 bits per heavy atom. The van der Waals surface area contributed by atoms with Crippen molar-refractivity contribution in [2.75, 3.05) is 19.0 Å². The van der Waals surface area contributed by atoms with E-state index in [0.717, 1.165) is 5.56 Å².